The quantitative estimate of drug-likeness (QED) is 0.238. The lowest BCUT2D eigenvalue weighted by Gasteiger charge is -2.13. The highest BCUT2D eigenvalue weighted by atomic mass is 35.5. The fourth-order valence-corrected chi connectivity index (χ4v) is 5.09. The maximum atomic E-state index is 13.2. The number of aryl methyl sites for hydroxylation is 1. The van der Waals surface area contributed by atoms with Gasteiger partial charge >= 0.3 is 0 Å². The maximum Gasteiger partial charge on any atom is 0.281 e. The molecule has 2 heterocycles. The Morgan fingerprint density at radius 2 is 1.79 bits per heavy atom. The normalized spacial score (nSPS) is 14.9. The fourth-order valence-electron chi connectivity index (χ4n) is 4.33. The molecule has 3 aromatic carbocycles. The van der Waals surface area contributed by atoms with Crippen molar-refractivity contribution in [3.8, 4) is 0 Å². The monoisotopic (exact) mass is 505 g/mol. The maximum absolute atomic E-state index is 13.2. The molecule has 0 atom stereocenters. The second kappa shape index (κ2) is 9.26. The second-order valence-corrected chi connectivity index (χ2v) is 9.31. The van der Waals surface area contributed by atoms with E-state index in [1.807, 2.05) is 54.6 Å². The van der Waals surface area contributed by atoms with Crippen LogP contribution in [0.5, 0.6) is 0 Å². The van der Waals surface area contributed by atoms with Gasteiger partial charge in [-0.05, 0) is 60.1 Å². The first-order chi connectivity index (χ1) is 16.5. The average molecular weight is 506 g/mol. The van der Waals surface area contributed by atoms with Crippen LogP contribution in [0, 0.1) is 0 Å². The zero-order chi connectivity index (χ0) is 23.8. The molecule has 0 spiro atoms. The number of amides is 1. The first-order valence-electron chi connectivity index (χ1n) is 10.9. The Kier molecular flexibility index (Phi) is 6.17. The molecule has 0 unspecified atom stereocenters. The molecule has 5 rings (SSSR count). The number of hydrogen-bond donors (Lipinski definition) is 1. The minimum Gasteiger partial charge on any atom is -0.342 e. The number of nitrogens with one attached hydrogen (secondary N) is 1. The molecule has 0 radical (unpaired) electrons. The Hall–Kier alpha value is -3.12. The third-order valence-electron chi connectivity index (χ3n) is 5.94. The van der Waals surface area contributed by atoms with Crippen LogP contribution in [0.3, 0.4) is 0 Å². The van der Waals surface area contributed by atoms with Crippen LogP contribution in [-0.2, 0) is 17.8 Å². The highest BCUT2D eigenvalue weighted by Crippen LogP contribution is 2.31. The highest BCUT2D eigenvalue weighted by molar-refractivity contribution is 7.80. The molecule has 0 bridgehead atoms. The molecule has 1 aliphatic rings. The summed E-state index contributed by atoms with van der Waals surface area (Å²) in [7, 11) is 0. The minimum absolute atomic E-state index is 0.176. The zero-order valence-electron chi connectivity index (χ0n) is 18.4. The number of nitrogens with zero attached hydrogens (tertiary/aromatic N) is 2. The van der Waals surface area contributed by atoms with Crippen LogP contribution in [0.4, 0.5) is 5.69 Å². The van der Waals surface area contributed by atoms with E-state index in [4.69, 9.17) is 35.4 Å². The van der Waals surface area contributed by atoms with Crippen molar-refractivity contribution >= 4 is 69.1 Å². The number of benzene rings is 3. The fraction of sp³-hybridized carbons (Fsp3) is 0.111. The average Bonchev–Trinajstić information content (AvgIpc) is 3.32. The van der Waals surface area contributed by atoms with Crippen molar-refractivity contribution in [2.24, 2.45) is 0 Å². The molecule has 1 amide bonds. The summed E-state index contributed by atoms with van der Waals surface area (Å²) >= 11 is 18.0. The summed E-state index contributed by atoms with van der Waals surface area (Å²) in [6, 6.07) is 21.2. The van der Waals surface area contributed by atoms with Crippen LogP contribution in [0.1, 0.15) is 23.6 Å². The first kappa shape index (κ1) is 22.7. The number of aromatic nitrogens is 1. The summed E-state index contributed by atoms with van der Waals surface area (Å²) in [5.41, 5.74) is 5.43. The van der Waals surface area contributed by atoms with Gasteiger partial charge < -0.3 is 9.88 Å². The first-order valence-corrected chi connectivity index (χ1v) is 12.1. The predicted octanol–water partition coefficient (Wildman–Crippen LogP) is 6.82. The van der Waals surface area contributed by atoms with Gasteiger partial charge in [-0.2, -0.15) is 0 Å². The molecule has 7 heteroatoms. The van der Waals surface area contributed by atoms with Crippen LogP contribution in [-0.4, -0.2) is 15.6 Å². The summed E-state index contributed by atoms with van der Waals surface area (Å²) in [4.78, 5) is 14.7. The van der Waals surface area contributed by atoms with Crippen LogP contribution in [0.2, 0.25) is 10.0 Å². The molecule has 1 saturated heterocycles. The van der Waals surface area contributed by atoms with Crippen molar-refractivity contribution in [1.29, 1.82) is 0 Å². The molecule has 1 aromatic heterocycles. The standard InChI is InChI=1S/C27H21Cl2N3OS/c1-2-17-7-6-10-22-19(16-31(25(17)22)15-18-11-12-20(28)14-23(18)29)13-24-26(33)32(27(34)30-24)21-8-4-3-5-9-21/h3-14,16H,2,15H2,1H3,(H,30,34)/b24-13-. The van der Waals surface area contributed by atoms with E-state index in [1.54, 1.807) is 6.07 Å². The SMILES string of the molecule is CCc1cccc2c(/C=C3\NC(=S)N(c4ccccc4)C3=O)cn(Cc3ccc(Cl)cc3Cl)c12. The summed E-state index contributed by atoms with van der Waals surface area (Å²) in [6.45, 7) is 2.72. The number of anilines is 1. The van der Waals surface area contributed by atoms with Crippen molar-refractivity contribution in [1.82, 2.24) is 9.88 Å². The van der Waals surface area contributed by atoms with Crippen molar-refractivity contribution in [2.45, 2.75) is 19.9 Å². The van der Waals surface area contributed by atoms with Crippen LogP contribution in [0.25, 0.3) is 17.0 Å². The topological polar surface area (TPSA) is 37.3 Å². The lowest BCUT2D eigenvalue weighted by molar-refractivity contribution is -0.113. The molecule has 34 heavy (non-hydrogen) atoms. The summed E-state index contributed by atoms with van der Waals surface area (Å²) in [6.07, 6.45) is 4.82. The Balaban J connectivity index is 1.59. The second-order valence-electron chi connectivity index (χ2n) is 8.08. The number of hydrogen-bond acceptors (Lipinski definition) is 2. The molecule has 4 nitrogen and oxygen atoms in total. The van der Waals surface area contributed by atoms with E-state index in [9.17, 15) is 4.79 Å². The van der Waals surface area contributed by atoms with Crippen LogP contribution in [0.15, 0.2) is 78.6 Å². The Bertz CT molecular complexity index is 1460. The smallest absolute Gasteiger partial charge is 0.281 e. The molecule has 1 N–H and O–H groups in total. The molecule has 1 fully saturated rings. The van der Waals surface area contributed by atoms with E-state index in [1.165, 1.54) is 10.5 Å². The van der Waals surface area contributed by atoms with Crippen LogP contribution >= 0.6 is 35.4 Å². The van der Waals surface area contributed by atoms with Crippen molar-refractivity contribution < 1.29 is 4.79 Å². The van der Waals surface area contributed by atoms with E-state index in [0.717, 1.165) is 34.1 Å². The third kappa shape index (κ3) is 4.11. The van der Waals surface area contributed by atoms with Crippen molar-refractivity contribution in [3.05, 3.63) is 105 Å². The molecular formula is C27H21Cl2N3OS. The Morgan fingerprint density at radius 1 is 1.00 bits per heavy atom. The molecule has 4 aromatic rings. The van der Waals surface area contributed by atoms with Crippen LogP contribution < -0.4 is 10.2 Å². The van der Waals surface area contributed by atoms with Gasteiger partial charge in [0.15, 0.2) is 5.11 Å². The van der Waals surface area contributed by atoms with Gasteiger partial charge in [0.1, 0.15) is 5.70 Å². The summed E-state index contributed by atoms with van der Waals surface area (Å²) in [5.74, 6) is -0.176. The molecule has 0 saturated carbocycles. The van der Waals surface area contributed by atoms with Gasteiger partial charge in [-0.15, -0.1) is 0 Å². The predicted molar refractivity (Wildman–Crippen MR) is 145 cm³/mol. The molecular weight excluding hydrogens is 485 g/mol. The van der Waals surface area contributed by atoms with Gasteiger partial charge in [-0.1, -0.05) is 72.6 Å². The lowest BCUT2D eigenvalue weighted by atomic mass is 10.1. The van der Waals surface area contributed by atoms with Gasteiger partial charge in [0.2, 0.25) is 0 Å². The van der Waals surface area contributed by atoms with E-state index in [0.29, 0.717) is 27.4 Å². The summed E-state index contributed by atoms with van der Waals surface area (Å²) < 4.78 is 2.18. The van der Waals surface area contributed by atoms with Gasteiger partial charge in [-0.25, -0.2) is 0 Å². The van der Waals surface area contributed by atoms with E-state index in [-0.39, 0.29) is 5.91 Å². The van der Waals surface area contributed by atoms with E-state index in [2.05, 4.69) is 35.1 Å². The Morgan fingerprint density at radius 3 is 2.53 bits per heavy atom. The number of halogens is 2. The third-order valence-corrected chi connectivity index (χ3v) is 6.81. The number of para-hydroxylation sites is 2. The largest absolute Gasteiger partial charge is 0.342 e. The van der Waals surface area contributed by atoms with Gasteiger partial charge in [0, 0.05) is 33.7 Å². The number of rotatable bonds is 5. The lowest BCUT2D eigenvalue weighted by Crippen LogP contribution is -2.30. The zero-order valence-corrected chi connectivity index (χ0v) is 20.7. The van der Waals surface area contributed by atoms with Crippen molar-refractivity contribution in [2.75, 3.05) is 4.90 Å². The van der Waals surface area contributed by atoms with Gasteiger partial charge in [-0.3, -0.25) is 9.69 Å². The molecule has 170 valence electrons. The minimum atomic E-state index is -0.176. The highest BCUT2D eigenvalue weighted by Gasteiger charge is 2.32. The van der Waals surface area contributed by atoms with Gasteiger partial charge in [0.05, 0.1) is 11.2 Å². The Labute approximate surface area is 213 Å². The van der Waals surface area contributed by atoms with Gasteiger partial charge in [0.25, 0.3) is 5.91 Å². The number of thiocarbonyl (C=S) groups is 1. The summed E-state index contributed by atoms with van der Waals surface area (Å²) in [5, 5.41) is 5.76. The van der Waals surface area contributed by atoms with E-state index < -0.39 is 0 Å². The number of fused-ring (bicyclic) bond motifs is 1. The van der Waals surface area contributed by atoms with E-state index >= 15 is 0 Å². The number of carbonyl (C=O) groups is 1. The molecule has 0 aliphatic carbocycles. The molecule has 1 aliphatic heterocycles. The van der Waals surface area contributed by atoms with Crippen molar-refractivity contribution in [3.63, 3.8) is 0 Å². The number of carbonyl (C=O) groups excluding carboxylic acids is 1.